The van der Waals surface area contributed by atoms with E-state index in [4.69, 9.17) is 4.98 Å². The van der Waals surface area contributed by atoms with Gasteiger partial charge in [-0.2, -0.15) is 0 Å². The second-order valence-electron chi connectivity index (χ2n) is 6.70. The van der Waals surface area contributed by atoms with Crippen molar-refractivity contribution in [3.8, 4) is 0 Å². The summed E-state index contributed by atoms with van der Waals surface area (Å²) in [6.45, 7) is 5.20. The van der Waals surface area contributed by atoms with Crippen molar-refractivity contribution < 1.29 is 0 Å². The van der Waals surface area contributed by atoms with Crippen LogP contribution in [-0.4, -0.2) is 9.55 Å². The first-order chi connectivity index (χ1) is 12.2. The van der Waals surface area contributed by atoms with Crippen LogP contribution in [-0.2, 0) is 13.0 Å². The molecule has 4 rings (SSSR count). The van der Waals surface area contributed by atoms with Gasteiger partial charge in [-0.25, -0.2) is 4.98 Å². The Hall–Kier alpha value is -2.87. The van der Waals surface area contributed by atoms with Crippen molar-refractivity contribution in [2.75, 3.05) is 0 Å². The first kappa shape index (κ1) is 15.6. The van der Waals surface area contributed by atoms with Gasteiger partial charge in [-0.05, 0) is 42.7 Å². The van der Waals surface area contributed by atoms with E-state index in [1.807, 2.05) is 0 Å². The van der Waals surface area contributed by atoms with Crippen LogP contribution in [0.5, 0.6) is 0 Å². The van der Waals surface area contributed by atoms with E-state index >= 15 is 0 Å². The van der Waals surface area contributed by atoms with Crippen LogP contribution in [0.15, 0.2) is 72.8 Å². The van der Waals surface area contributed by atoms with Crippen molar-refractivity contribution in [1.82, 2.24) is 9.55 Å². The molecule has 25 heavy (non-hydrogen) atoms. The molecule has 0 radical (unpaired) electrons. The van der Waals surface area contributed by atoms with E-state index in [2.05, 4.69) is 91.2 Å². The van der Waals surface area contributed by atoms with Gasteiger partial charge in [-0.1, -0.05) is 66.2 Å². The number of nitrogens with zero attached hydrogens (tertiary/aromatic N) is 2. The Kier molecular flexibility index (Phi) is 4.10. The SMILES string of the molecule is Cc1ccc(C)c(Cn2c(Cc3ccccc3)nc3ccccc32)c1. The highest BCUT2D eigenvalue weighted by molar-refractivity contribution is 5.76. The van der Waals surface area contributed by atoms with Gasteiger partial charge in [0.25, 0.3) is 0 Å². The van der Waals surface area contributed by atoms with Crippen LogP contribution in [0.2, 0.25) is 0 Å². The average molecular weight is 326 g/mol. The van der Waals surface area contributed by atoms with Crippen LogP contribution < -0.4 is 0 Å². The lowest BCUT2D eigenvalue weighted by Gasteiger charge is -2.12. The zero-order valence-electron chi connectivity index (χ0n) is 14.7. The van der Waals surface area contributed by atoms with Crippen LogP contribution in [0.25, 0.3) is 11.0 Å². The van der Waals surface area contributed by atoms with Gasteiger partial charge < -0.3 is 4.57 Å². The Morgan fingerprint density at radius 1 is 0.840 bits per heavy atom. The van der Waals surface area contributed by atoms with Gasteiger partial charge in [0.1, 0.15) is 5.82 Å². The predicted molar refractivity (Wildman–Crippen MR) is 104 cm³/mol. The quantitative estimate of drug-likeness (QED) is 0.498. The van der Waals surface area contributed by atoms with Crippen molar-refractivity contribution in [3.05, 3.63) is 101 Å². The van der Waals surface area contributed by atoms with Gasteiger partial charge in [0, 0.05) is 13.0 Å². The summed E-state index contributed by atoms with van der Waals surface area (Å²) in [5, 5.41) is 0. The third kappa shape index (κ3) is 3.20. The number of hydrogen-bond acceptors (Lipinski definition) is 1. The standard InChI is InChI=1S/C23H22N2/c1-17-12-13-18(2)20(14-17)16-25-22-11-7-6-10-21(22)24-23(25)15-19-8-4-3-5-9-19/h3-14H,15-16H2,1-2H3. The second kappa shape index (κ2) is 6.56. The first-order valence-corrected chi connectivity index (χ1v) is 8.75. The number of para-hydroxylation sites is 2. The number of hydrogen-bond donors (Lipinski definition) is 0. The Balaban J connectivity index is 1.80. The fourth-order valence-corrected chi connectivity index (χ4v) is 3.36. The molecule has 0 spiro atoms. The number of benzene rings is 3. The van der Waals surface area contributed by atoms with Gasteiger partial charge in [0.15, 0.2) is 0 Å². The summed E-state index contributed by atoms with van der Waals surface area (Å²) >= 11 is 0. The van der Waals surface area contributed by atoms with Crippen molar-refractivity contribution in [2.24, 2.45) is 0 Å². The van der Waals surface area contributed by atoms with E-state index in [0.29, 0.717) is 0 Å². The molecule has 0 aliphatic carbocycles. The molecule has 2 nitrogen and oxygen atoms in total. The summed E-state index contributed by atoms with van der Waals surface area (Å²) in [5.74, 6) is 1.12. The Morgan fingerprint density at radius 2 is 1.60 bits per heavy atom. The molecule has 3 aromatic carbocycles. The molecule has 2 heteroatoms. The van der Waals surface area contributed by atoms with Gasteiger partial charge >= 0.3 is 0 Å². The first-order valence-electron chi connectivity index (χ1n) is 8.75. The summed E-state index contributed by atoms with van der Waals surface area (Å²) in [5.41, 5.74) is 7.55. The molecule has 0 aliphatic heterocycles. The van der Waals surface area contributed by atoms with Gasteiger partial charge in [0.2, 0.25) is 0 Å². The molecule has 124 valence electrons. The molecule has 1 aromatic heterocycles. The van der Waals surface area contributed by atoms with Crippen LogP contribution in [0.3, 0.4) is 0 Å². The highest BCUT2D eigenvalue weighted by Gasteiger charge is 2.12. The summed E-state index contributed by atoms with van der Waals surface area (Å²) < 4.78 is 2.37. The average Bonchev–Trinajstić information content (AvgIpc) is 2.96. The van der Waals surface area contributed by atoms with E-state index < -0.39 is 0 Å². The molecule has 4 aromatic rings. The van der Waals surface area contributed by atoms with E-state index in [9.17, 15) is 0 Å². The molecule has 0 saturated carbocycles. The van der Waals surface area contributed by atoms with E-state index in [-0.39, 0.29) is 0 Å². The molecular formula is C23H22N2. The topological polar surface area (TPSA) is 17.8 Å². The van der Waals surface area contributed by atoms with Crippen molar-refractivity contribution >= 4 is 11.0 Å². The number of aromatic nitrogens is 2. The lowest BCUT2D eigenvalue weighted by Crippen LogP contribution is -2.07. The Morgan fingerprint density at radius 3 is 2.44 bits per heavy atom. The predicted octanol–water partition coefficient (Wildman–Crippen LogP) is 5.29. The smallest absolute Gasteiger partial charge is 0.114 e. The molecule has 0 saturated heterocycles. The second-order valence-corrected chi connectivity index (χ2v) is 6.70. The van der Waals surface area contributed by atoms with Crippen LogP contribution in [0.4, 0.5) is 0 Å². The third-order valence-corrected chi connectivity index (χ3v) is 4.77. The maximum Gasteiger partial charge on any atom is 0.114 e. The minimum Gasteiger partial charge on any atom is -0.323 e. The van der Waals surface area contributed by atoms with E-state index in [1.165, 1.54) is 27.8 Å². The van der Waals surface area contributed by atoms with Gasteiger partial charge in [-0.3, -0.25) is 0 Å². The largest absolute Gasteiger partial charge is 0.323 e. The fraction of sp³-hybridized carbons (Fsp3) is 0.174. The molecule has 0 amide bonds. The van der Waals surface area contributed by atoms with Crippen LogP contribution >= 0.6 is 0 Å². The highest BCUT2D eigenvalue weighted by Crippen LogP contribution is 2.22. The van der Waals surface area contributed by atoms with Crippen LogP contribution in [0, 0.1) is 13.8 Å². The maximum absolute atomic E-state index is 4.92. The number of imidazole rings is 1. The van der Waals surface area contributed by atoms with Crippen LogP contribution in [0.1, 0.15) is 28.1 Å². The summed E-state index contributed by atoms with van der Waals surface area (Å²) in [4.78, 5) is 4.92. The number of rotatable bonds is 4. The lowest BCUT2D eigenvalue weighted by molar-refractivity contribution is 0.758. The van der Waals surface area contributed by atoms with E-state index in [0.717, 1.165) is 24.3 Å². The van der Waals surface area contributed by atoms with Crippen molar-refractivity contribution in [1.29, 1.82) is 0 Å². The molecule has 0 atom stereocenters. The third-order valence-electron chi connectivity index (χ3n) is 4.77. The summed E-state index contributed by atoms with van der Waals surface area (Å²) in [7, 11) is 0. The normalized spacial score (nSPS) is 11.1. The molecular weight excluding hydrogens is 304 g/mol. The number of aryl methyl sites for hydroxylation is 2. The van der Waals surface area contributed by atoms with Crippen molar-refractivity contribution in [2.45, 2.75) is 26.8 Å². The molecule has 0 N–H and O–H groups in total. The fourth-order valence-electron chi connectivity index (χ4n) is 3.36. The zero-order chi connectivity index (χ0) is 17.2. The highest BCUT2D eigenvalue weighted by atomic mass is 15.1. The molecule has 0 bridgehead atoms. The monoisotopic (exact) mass is 326 g/mol. The van der Waals surface area contributed by atoms with Gasteiger partial charge in [-0.15, -0.1) is 0 Å². The van der Waals surface area contributed by atoms with Gasteiger partial charge in [0.05, 0.1) is 11.0 Å². The molecule has 0 fully saturated rings. The maximum atomic E-state index is 4.92. The minimum atomic E-state index is 0.848. The summed E-state index contributed by atoms with van der Waals surface area (Å²) in [6.07, 6.45) is 0.848. The molecule has 0 unspecified atom stereocenters. The lowest BCUT2D eigenvalue weighted by atomic mass is 10.1. The van der Waals surface area contributed by atoms with E-state index in [1.54, 1.807) is 0 Å². The van der Waals surface area contributed by atoms with Crippen molar-refractivity contribution in [3.63, 3.8) is 0 Å². The molecule has 0 aliphatic rings. The molecule has 1 heterocycles. The summed E-state index contributed by atoms with van der Waals surface area (Å²) in [6, 6.07) is 25.7. The zero-order valence-corrected chi connectivity index (χ0v) is 14.7. The Bertz CT molecular complexity index is 1010. The Labute approximate surface area is 148 Å². The number of fused-ring (bicyclic) bond motifs is 1. The minimum absolute atomic E-state index is 0.848.